The Morgan fingerprint density at radius 3 is 1.34 bits per heavy atom. The summed E-state index contributed by atoms with van der Waals surface area (Å²) in [5.74, 6) is -5.95. The summed E-state index contributed by atoms with van der Waals surface area (Å²) in [6.45, 7) is 8.06. The molecule has 6 aromatic rings. The van der Waals surface area contributed by atoms with Crippen molar-refractivity contribution in [1.29, 1.82) is 10.5 Å². The molecule has 0 aromatic heterocycles. The molecule has 6 N–H and O–H groups in total. The largest absolute Gasteiger partial charge is 0.380 e. The van der Waals surface area contributed by atoms with Gasteiger partial charge in [-0.05, 0) is 131 Å². The smallest absolute Gasteiger partial charge is 0.242 e. The molecule has 4 amide bonds. The number of benzene rings is 6. The van der Waals surface area contributed by atoms with E-state index < -0.39 is 92.9 Å². The van der Waals surface area contributed by atoms with Crippen LogP contribution in [-0.2, 0) is 34.7 Å². The van der Waals surface area contributed by atoms with Gasteiger partial charge in [0.05, 0.1) is 58.6 Å². The van der Waals surface area contributed by atoms with Gasteiger partial charge >= 0.3 is 0 Å². The maximum atomic E-state index is 16.6. The normalized spacial score (nSPS) is 23.9. The van der Waals surface area contributed by atoms with E-state index in [9.17, 15) is 20.1 Å². The van der Waals surface area contributed by atoms with Crippen LogP contribution >= 0.6 is 46.4 Å². The van der Waals surface area contributed by atoms with Gasteiger partial charge in [-0.1, -0.05) is 110 Å². The van der Waals surface area contributed by atoms with E-state index in [-0.39, 0.29) is 47.2 Å². The van der Waals surface area contributed by atoms with Gasteiger partial charge in [-0.25, -0.2) is 8.78 Å². The second-order valence-corrected chi connectivity index (χ2v) is 23.9. The zero-order valence-electron chi connectivity index (χ0n) is 43.0. The number of rotatable bonds is 14. The van der Waals surface area contributed by atoms with Crippen LogP contribution in [0.4, 0.5) is 31.5 Å². The molecule has 79 heavy (non-hydrogen) atoms. The predicted molar refractivity (Wildman–Crippen MR) is 300 cm³/mol. The van der Waals surface area contributed by atoms with E-state index in [0.717, 1.165) is 0 Å². The Morgan fingerprint density at radius 1 is 0.595 bits per heavy atom. The molecule has 4 aliphatic heterocycles. The van der Waals surface area contributed by atoms with Crippen LogP contribution in [0, 0.1) is 45.1 Å². The van der Waals surface area contributed by atoms with Crippen LogP contribution in [0.15, 0.2) is 121 Å². The van der Waals surface area contributed by atoms with E-state index in [1.165, 1.54) is 24.3 Å². The number of hydrogen-bond donors (Lipinski definition) is 6. The molecule has 0 aliphatic carbocycles. The van der Waals surface area contributed by atoms with Gasteiger partial charge in [0, 0.05) is 56.7 Å². The van der Waals surface area contributed by atoms with Gasteiger partial charge in [0.2, 0.25) is 23.6 Å². The van der Waals surface area contributed by atoms with Gasteiger partial charge in [0.1, 0.15) is 22.5 Å². The molecule has 404 valence electrons. The first-order chi connectivity index (χ1) is 37.6. The first-order valence-corrected chi connectivity index (χ1v) is 27.0. The third-order valence-electron chi connectivity index (χ3n) is 15.9. The highest BCUT2D eigenvalue weighted by Crippen LogP contribution is 2.59. The molecule has 0 radical (unpaired) electrons. The zero-order valence-corrected chi connectivity index (χ0v) is 46.1. The number of ether oxygens (including phenoxy) is 1. The number of hydrogen-bond acceptors (Lipinski definition) is 9. The van der Waals surface area contributed by atoms with Crippen molar-refractivity contribution < 1.29 is 32.7 Å². The van der Waals surface area contributed by atoms with E-state index in [2.05, 4.69) is 44.0 Å². The molecule has 13 nitrogen and oxygen atoms in total. The average molecular weight is 1140 g/mol. The Balaban J connectivity index is 0.966. The fourth-order valence-corrected chi connectivity index (χ4v) is 13.3. The minimum absolute atomic E-state index is 0.0468. The van der Waals surface area contributed by atoms with Gasteiger partial charge in [-0.2, -0.15) is 10.5 Å². The lowest BCUT2D eigenvalue weighted by molar-refractivity contribution is -0.123. The third-order valence-corrected chi connectivity index (χ3v) is 16.9. The summed E-state index contributed by atoms with van der Waals surface area (Å²) in [5.41, 5.74) is -1.31. The first-order valence-electron chi connectivity index (χ1n) is 25.4. The van der Waals surface area contributed by atoms with Crippen LogP contribution < -0.4 is 31.9 Å². The molecule has 10 rings (SSSR count). The summed E-state index contributed by atoms with van der Waals surface area (Å²) in [4.78, 5) is 59.6. The number of fused-ring (bicyclic) bond motifs is 4. The second-order valence-electron chi connectivity index (χ2n) is 22.2. The fraction of sp³-hybridized carbons (Fsp3) is 0.300. The van der Waals surface area contributed by atoms with Crippen LogP contribution in [-0.4, -0.2) is 61.0 Å². The van der Waals surface area contributed by atoms with Gasteiger partial charge in [0.25, 0.3) is 0 Å². The van der Waals surface area contributed by atoms with E-state index >= 15 is 18.4 Å². The van der Waals surface area contributed by atoms with Gasteiger partial charge in [-0.3, -0.25) is 19.2 Å². The van der Waals surface area contributed by atoms with Crippen LogP contribution in [0.5, 0.6) is 0 Å². The van der Waals surface area contributed by atoms with Crippen molar-refractivity contribution in [3.63, 3.8) is 0 Å². The van der Waals surface area contributed by atoms with E-state index in [1.54, 1.807) is 97.1 Å². The molecule has 2 saturated heterocycles. The molecule has 6 aromatic carbocycles. The van der Waals surface area contributed by atoms with Crippen molar-refractivity contribution in [2.45, 2.75) is 87.4 Å². The molecular weight excluding hydrogens is 1090 g/mol. The molecule has 0 unspecified atom stereocenters. The van der Waals surface area contributed by atoms with Crippen molar-refractivity contribution in [3.8, 4) is 12.1 Å². The van der Waals surface area contributed by atoms with Gasteiger partial charge in [0.15, 0.2) is 0 Å². The Hall–Kier alpha value is -6.92. The molecule has 2 fully saturated rings. The van der Waals surface area contributed by atoms with Crippen molar-refractivity contribution in [3.05, 3.63) is 186 Å². The van der Waals surface area contributed by atoms with E-state index in [0.29, 0.717) is 55.0 Å². The molecule has 0 saturated carbocycles. The number of amides is 4. The Morgan fingerprint density at radius 2 is 0.975 bits per heavy atom. The fourth-order valence-electron chi connectivity index (χ4n) is 12.6. The minimum atomic E-state index is -1.61. The number of halogens is 6. The number of nitrogens with zero attached hydrogens (tertiary/aromatic N) is 2. The summed E-state index contributed by atoms with van der Waals surface area (Å²) in [5, 5.41) is 38.0. The number of nitriles is 2. The number of carbonyl (C=O) groups excluding carboxylic acids is 4. The Kier molecular flexibility index (Phi) is 14.9. The van der Waals surface area contributed by atoms with Crippen LogP contribution in [0.3, 0.4) is 0 Å². The first kappa shape index (κ1) is 55.4. The molecule has 0 bridgehead atoms. The summed E-state index contributed by atoms with van der Waals surface area (Å²) in [6.07, 6.45) is 0.413. The summed E-state index contributed by atoms with van der Waals surface area (Å²) < 4.78 is 40.0. The van der Waals surface area contributed by atoms with Crippen molar-refractivity contribution in [1.82, 2.24) is 10.6 Å². The third kappa shape index (κ3) is 9.90. The highest BCUT2D eigenvalue weighted by atomic mass is 35.5. The standard InChI is InChI=1S/C60H52Cl4F2N8O5/c1-57(2,25-45-59(39-21-15-33(61)23-43(39)71-55(59)77)47(37-7-5-9-41(63)49(37)65)51(73-45)53(75)69-35-17-11-31(27-67)12-18-35)29-79-30-58(3,4)26-46-60(40-22-16-34(62)24-44(40)72-56(60)78)48(38-8-6-10-42(64)50(38)66)52(74-46)54(76)70-36-19-13-32(28-68)14-20-36/h5-24,45-48,51-52,73-74H,25-26,29-30H2,1-4H3,(H,69,75)(H,70,76)(H,71,77)(H,72,78)/t45-,46-,47-,48-,51+,52+,59+,60+/m0/s1. The van der Waals surface area contributed by atoms with Crippen LogP contribution in [0.25, 0.3) is 0 Å². The lowest BCUT2D eigenvalue weighted by Crippen LogP contribution is -2.51. The lowest BCUT2D eigenvalue weighted by Gasteiger charge is -2.40. The molecule has 4 aliphatic rings. The average Bonchev–Trinajstić information content (AvgIpc) is 4.04. The second kappa shape index (κ2) is 21.3. The Labute approximate surface area is 475 Å². The molecule has 19 heteroatoms. The maximum absolute atomic E-state index is 16.6. The summed E-state index contributed by atoms with van der Waals surface area (Å²) >= 11 is 25.9. The van der Waals surface area contributed by atoms with Gasteiger partial charge in [-0.15, -0.1) is 0 Å². The SMILES string of the molecule is CC(C)(COCC(C)(C)C[C@@H]1N[C@@H](C(=O)Nc2ccc(C#N)cc2)[C@H](c2cccc(Cl)c2F)[C@]12C(=O)Nc1cc(Cl)ccc12)C[C@@H]1N[C@@H](C(=O)Nc2ccc(C#N)cc2)[C@H](c2cccc(Cl)c2F)[C@]12C(=O)Nc1cc(Cl)ccc12. The highest BCUT2D eigenvalue weighted by Gasteiger charge is 2.68. The monoisotopic (exact) mass is 1140 g/mol. The summed E-state index contributed by atoms with van der Waals surface area (Å²) in [6, 6.07) is 31.6. The quantitative estimate of drug-likeness (QED) is 0.0615. The van der Waals surface area contributed by atoms with Crippen LogP contribution in [0.1, 0.15) is 85.8 Å². The number of carbonyl (C=O) groups is 4. The maximum Gasteiger partial charge on any atom is 0.242 e. The van der Waals surface area contributed by atoms with Crippen molar-refractivity contribution >= 4 is 92.8 Å². The molecular formula is C60H52Cl4F2N8O5. The molecule has 2 spiro atoms. The zero-order chi connectivity index (χ0) is 56.3. The number of nitrogens with one attached hydrogen (secondary N) is 6. The molecule has 4 heterocycles. The molecule has 8 atom stereocenters. The number of anilines is 4. The lowest BCUT2D eigenvalue weighted by atomic mass is 9.62. The predicted octanol–water partition coefficient (Wildman–Crippen LogP) is 11.8. The van der Waals surface area contributed by atoms with Crippen molar-refractivity contribution in [2.75, 3.05) is 34.5 Å². The highest BCUT2D eigenvalue weighted by molar-refractivity contribution is 6.32. The van der Waals surface area contributed by atoms with Gasteiger partial charge < -0.3 is 36.6 Å². The Bertz CT molecular complexity index is 3320. The minimum Gasteiger partial charge on any atom is -0.380 e. The van der Waals surface area contributed by atoms with E-state index in [1.807, 2.05) is 27.7 Å². The topological polar surface area (TPSA) is 197 Å². The summed E-state index contributed by atoms with van der Waals surface area (Å²) in [7, 11) is 0. The van der Waals surface area contributed by atoms with Crippen LogP contribution in [0.2, 0.25) is 20.1 Å². The van der Waals surface area contributed by atoms with E-state index in [4.69, 9.17) is 51.1 Å². The van der Waals surface area contributed by atoms with Crippen molar-refractivity contribution in [2.24, 2.45) is 10.8 Å².